The zero-order valence-electron chi connectivity index (χ0n) is 10.8. The van der Waals surface area contributed by atoms with Gasteiger partial charge in [0.2, 0.25) is 0 Å². The minimum absolute atomic E-state index is 0.252. The summed E-state index contributed by atoms with van der Waals surface area (Å²) < 4.78 is 0. The Kier molecular flexibility index (Phi) is 6.78. The van der Waals surface area contributed by atoms with Gasteiger partial charge in [-0.3, -0.25) is 0 Å². The lowest BCUT2D eigenvalue weighted by Gasteiger charge is -2.08. The van der Waals surface area contributed by atoms with Crippen LogP contribution in [-0.2, 0) is 0 Å². The normalized spacial score (nSPS) is 12.5. The number of rotatable bonds is 7. The molecule has 1 aromatic carbocycles. The summed E-state index contributed by atoms with van der Waals surface area (Å²) in [6.07, 6.45) is 5.61. The number of aliphatic hydroxyl groups excluding tert-OH is 1. The molecule has 0 aliphatic rings. The maximum Gasteiger partial charge on any atom is 0.0991 e. The van der Waals surface area contributed by atoms with Gasteiger partial charge < -0.3 is 10.4 Å². The van der Waals surface area contributed by atoms with E-state index in [-0.39, 0.29) is 6.10 Å². The van der Waals surface area contributed by atoms with E-state index in [0.29, 0.717) is 12.1 Å². The van der Waals surface area contributed by atoms with E-state index < -0.39 is 0 Å². The van der Waals surface area contributed by atoms with Gasteiger partial charge in [-0.2, -0.15) is 5.26 Å². The van der Waals surface area contributed by atoms with E-state index in [1.165, 1.54) is 0 Å². The molecule has 96 valence electrons. The number of hydrogen-bond donors (Lipinski definition) is 2. The Balaban J connectivity index is 2.26. The van der Waals surface area contributed by atoms with Crippen molar-refractivity contribution in [3.63, 3.8) is 0 Å². The molecule has 0 amide bonds. The molecule has 2 N–H and O–H groups in total. The average Bonchev–Trinajstić information content (AvgIpc) is 2.39. The second-order valence-electron chi connectivity index (χ2n) is 4.24. The molecule has 1 atom stereocenters. The largest absolute Gasteiger partial charge is 0.392 e. The molecule has 1 unspecified atom stereocenters. The first-order valence-corrected chi connectivity index (χ1v) is 6.31. The molecular formula is C15H20N2O. The highest BCUT2D eigenvalue weighted by atomic mass is 16.3. The Morgan fingerprint density at radius 1 is 1.39 bits per heavy atom. The molecule has 0 saturated carbocycles. The SMILES string of the molecule is CCCC(O)CNC/C=C/c1ccc(C#N)cc1. The van der Waals surface area contributed by atoms with E-state index in [9.17, 15) is 5.11 Å². The van der Waals surface area contributed by atoms with Gasteiger partial charge in [-0.05, 0) is 24.1 Å². The minimum atomic E-state index is -0.252. The lowest BCUT2D eigenvalue weighted by molar-refractivity contribution is 0.162. The molecule has 1 aromatic rings. The molecule has 0 aliphatic carbocycles. The fourth-order valence-corrected chi connectivity index (χ4v) is 1.63. The van der Waals surface area contributed by atoms with Crippen LogP contribution in [0.1, 0.15) is 30.9 Å². The highest BCUT2D eigenvalue weighted by Crippen LogP contribution is 2.04. The van der Waals surface area contributed by atoms with Crippen LogP contribution < -0.4 is 5.32 Å². The fraction of sp³-hybridized carbons (Fsp3) is 0.400. The lowest BCUT2D eigenvalue weighted by Crippen LogP contribution is -2.26. The second kappa shape index (κ2) is 8.46. The molecule has 3 heteroatoms. The molecule has 0 radical (unpaired) electrons. The number of aliphatic hydroxyl groups is 1. The molecule has 0 fully saturated rings. The summed E-state index contributed by atoms with van der Waals surface area (Å²) in [6.45, 7) is 3.43. The molecule has 0 bridgehead atoms. The summed E-state index contributed by atoms with van der Waals surface area (Å²) in [5, 5.41) is 21.3. The number of nitriles is 1. The summed E-state index contributed by atoms with van der Waals surface area (Å²) in [4.78, 5) is 0. The Bertz CT molecular complexity index is 403. The van der Waals surface area contributed by atoms with Gasteiger partial charge in [0.25, 0.3) is 0 Å². The van der Waals surface area contributed by atoms with Crippen LogP contribution in [0.25, 0.3) is 6.08 Å². The second-order valence-corrected chi connectivity index (χ2v) is 4.24. The van der Waals surface area contributed by atoms with Crippen molar-refractivity contribution < 1.29 is 5.11 Å². The van der Waals surface area contributed by atoms with E-state index in [1.54, 1.807) is 12.1 Å². The number of nitrogens with zero attached hydrogens (tertiary/aromatic N) is 1. The first-order chi connectivity index (χ1) is 8.76. The van der Waals surface area contributed by atoms with Crippen molar-refractivity contribution in [2.75, 3.05) is 13.1 Å². The molecule has 0 aliphatic heterocycles. The van der Waals surface area contributed by atoms with Crippen molar-refractivity contribution in [1.29, 1.82) is 5.26 Å². The van der Waals surface area contributed by atoms with Crippen molar-refractivity contribution in [1.82, 2.24) is 5.32 Å². The van der Waals surface area contributed by atoms with E-state index >= 15 is 0 Å². The van der Waals surface area contributed by atoms with Gasteiger partial charge in [0.1, 0.15) is 0 Å². The minimum Gasteiger partial charge on any atom is -0.392 e. The Morgan fingerprint density at radius 2 is 2.11 bits per heavy atom. The third-order valence-corrected chi connectivity index (χ3v) is 2.61. The first kappa shape index (κ1) is 14.4. The Labute approximate surface area is 109 Å². The lowest BCUT2D eigenvalue weighted by atomic mass is 10.1. The van der Waals surface area contributed by atoms with Gasteiger partial charge in [-0.25, -0.2) is 0 Å². The van der Waals surface area contributed by atoms with E-state index in [1.807, 2.05) is 24.3 Å². The summed E-state index contributed by atoms with van der Waals surface area (Å²) in [5.74, 6) is 0. The van der Waals surface area contributed by atoms with Gasteiger partial charge >= 0.3 is 0 Å². The van der Waals surface area contributed by atoms with Gasteiger partial charge in [-0.1, -0.05) is 37.6 Å². The summed E-state index contributed by atoms with van der Waals surface area (Å²) >= 11 is 0. The third-order valence-electron chi connectivity index (χ3n) is 2.61. The van der Waals surface area contributed by atoms with Gasteiger partial charge in [0.15, 0.2) is 0 Å². The molecule has 0 saturated heterocycles. The zero-order chi connectivity index (χ0) is 13.2. The van der Waals surface area contributed by atoms with Crippen LogP contribution in [0.3, 0.4) is 0 Å². The summed E-state index contributed by atoms with van der Waals surface area (Å²) in [5.41, 5.74) is 1.75. The van der Waals surface area contributed by atoms with E-state index in [2.05, 4.69) is 18.3 Å². The fourth-order valence-electron chi connectivity index (χ4n) is 1.63. The standard InChI is InChI=1S/C15H20N2O/c1-2-4-15(18)12-17-10-3-5-13-6-8-14(11-16)9-7-13/h3,5-9,15,17-18H,2,4,10,12H2,1H3/b5-3+. The third kappa shape index (κ3) is 5.62. The van der Waals surface area contributed by atoms with Crippen LogP contribution in [0.15, 0.2) is 30.3 Å². The van der Waals surface area contributed by atoms with Crippen molar-refractivity contribution in [2.24, 2.45) is 0 Å². The van der Waals surface area contributed by atoms with Crippen molar-refractivity contribution in [2.45, 2.75) is 25.9 Å². The molecule has 18 heavy (non-hydrogen) atoms. The highest BCUT2D eigenvalue weighted by molar-refractivity contribution is 5.51. The Hall–Kier alpha value is -1.63. The van der Waals surface area contributed by atoms with Crippen LogP contribution in [-0.4, -0.2) is 24.3 Å². The van der Waals surface area contributed by atoms with Gasteiger partial charge in [0, 0.05) is 13.1 Å². The van der Waals surface area contributed by atoms with E-state index in [0.717, 1.165) is 24.9 Å². The molecule has 0 heterocycles. The van der Waals surface area contributed by atoms with Crippen LogP contribution in [0.4, 0.5) is 0 Å². The van der Waals surface area contributed by atoms with Crippen molar-refractivity contribution >= 4 is 6.08 Å². The van der Waals surface area contributed by atoms with Gasteiger partial charge in [-0.15, -0.1) is 0 Å². The van der Waals surface area contributed by atoms with Crippen LogP contribution in [0, 0.1) is 11.3 Å². The first-order valence-electron chi connectivity index (χ1n) is 6.31. The Morgan fingerprint density at radius 3 is 2.72 bits per heavy atom. The number of nitrogens with one attached hydrogen (secondary N) is 1. The van der Waals surface area contributed by atoms with Crippen molar-refractivity contribution in [3.05, 3.63) is 41.5 Å². The highest BCUT2D eigenvalue weighted by Gasteiger charge is 1.99. The molecule has 0 aromatic heterocycles. The maximum atomic E-state index is 9.51. The quantitative estimate of drug-likeness (QED) is 0.724. The predicted molar refractivity (Wildman–Crippen MR) is 74.0 cm³/mol. The monoisotopic (exact) mass is 244 g/mol. The summed E-state index contributed by atoms with van der Waals surface area (Å²) in [6, 6.07) is 9.53. The smallest absolute Gasteiger partial charge is 0.0991 e. The van der Waals surface area contributed by atoms with Crippen LogP contribution in [0.2, 0.25) is 0 Å². The molecule has 0 spiro atoms. The number of benzene rings is 1. The summed E-state index contributed by atoms with van der Waals surface area (Å²) in [7, 11) is 0. The molecule has 3 nitrogen and oxygen atoms in total. The topological polar surface area (TPSA) is 56.0 Å². The molecular weight excluding hydrogens is 224 g/mol. The maximum absolute atomic E-state index is 9.51. The average molecular weight is 244 g/mol. The molecule has 1 rings (SSSR count). The van der Waals surface area contributed by atoms with Crippen LogP contribution >= 0.6 is 0 Å². The predicted octanol–water partition coefficient (Wildman–Crippen LogP) is 2.32. The van der Waals surface area contributed by atoms with Crippen molar-refractivity contribution in [3.8, 4) is 6.07 Å². The van der Waals surface area contributed by atoms with E-state index in [4.69, 9.17) is 5.26 Å². The number of hydrogen-bond acceptors (Lipinski definition) is 3. The van der Waals surface area contributed by atoms with Crippen LogP contribution in [0.5, 0.6) is 0 Å². The van der Waals surface area contributed by atoms with Gasteiger partial charge in [0.05, 0.1) is 17.7 Å². The zero-order valence-corrected chi connectivity index (χ0v) is 10.8.